The van der Waals surface area contributed by atoms with Crippen molar-refractivity contribution in [3.05, 3.63) is 30.0 Å². The van der Waals surface area contributed by atoms with Crippen molar-refractivity contribution in [2.24, 2.45) is 5.92 Å². The molecule has 1 atom stereocenters. The van der Waals surface area contributed by atoms with E-state index in [1.807, 2.05) is 29.6 Å². The summed E-state index contributed by atoms with van der Waals surface area (Å²) >= 11 is 0. The van der Waals surface area contributed by atoms with Gasteiger partial charge in [0, 0.05) is 30.9 Å². The summed E-state index contributed by atoms with van der Waals surface area (Å²) in [6.45, 7) is 7.80. The van der Waals surface area contributed by atoms with E-state index in [1.165, 1.54) is 5.56 Å². The number of hydrogen-bond donors (Lipinski definition) is 1. The molecule has 1 aliphatic rings. The van der Waals surface area contributed by atoms with Gasteiger partial charge in [0.15, 0.2) is 0 Å². The summed E-state index contributed by atoms with van der Waals surface area (Å²) in [5.41, 5.74) is 2.25. The van der Waals surface area contributed by atoms with Gasteiger partial charge in [-0.2, -0.15) is 5.10 Å². The van der Waals surface area contributed by atoms with E-state index in [9.17, 15) is 9.59 Å². The van der Waals surface area contributed by atoms with Crippen molar-refractivity contribution in [3.8, 4) is 0 Å². The Balaban J connectivity index is 1.58. The van der Waals surface area contributed by atoms with Gasteiger partial charge in [0.05, 0.1) is 24.2 Å². The molecule has 2 heterocycles. The van der Waals surface area contributed by atoms with Crippen LogP contribution in [0.3, 0.4) is 0 Å². The molecular weight excluding hydrogens is 328 g/mol. The molecule has 140 valence electrons. The number of fused-ring (bicyclic) bond motifs is 1. The minimum Gasteiger partial charge on any atom is -0.354 e. The third kappa shape index (κ3) is 4.23. The van der Waals surface area contributed by atoms with Gasteiger partial charge in [0.25, 0.3) is 0 Å². The normalized spacial score (nSPS) is 17.7. The van der Waals surface area contributed by atoms with E-state index < -0.39 is 0 Å². The van der Waals surface area contributed by atoms with Gasteiger partial charge in [-0.3, -0.25) is 14.3 Å². The van der Waals surface area contributed by atoms with Crippen molar-refractivity contribution < 1.29 is 9.59 Å². The van der Waals surface area contributed by atoms with Crippen molar-refractivity contribution >= 4 is 22.7 Å². The second-order valence-electron chi connectivity index (χ2n) is 7.52. The average molecular weight is 356 g/mol. The average Bonchev–Trinajstić information content (AvgIpc) is 3.01. The highest BCUT2D eigenvalue weighted by molar-refractivity contribution is 5.82. The molecule has 1 N–H and O–H groups in total. The van der Waals surface area contributed by atoms with Crippen LogP contribution in [0.1, 0.15) is 38.7 Å². The first-order chi connectivity index (χ1) is 12.4. The van der Waals surface area contributed by atoms with Gasteiger partial charge in [-0.05, 0) is 45.7 Å². The second kappa shape index (κ2) is 7.89. The fourth-order valence-electron chi connectivity index (χ4n) is 3.56. The molecule has 3 rings (SSSR count). The highest BCUT2D eigenvalue weighted by atomic mass is 16.2. The fraction of sp³-hybridized carbons (Fsp3) is 0.550. The molecule has 6 heteroatoms. The molecule has 0 saturated carbocycles. The van der Waals surface area contributed by atoms with Crippen LogP contribution in [-0.4, -0.2) is 45.6 Å². The summed E-state index contributed by atoms with van der Waals surface area (Å²) in [5, 5.41) is 8.47. The first-order valence-corrected chi connectivity index (χ1v) is 9.44. The summed E-state index contributed by atoms with van der Waals surface area (Å²) in [6, 6.07) is 6.34. The highest BCUT2D eigenvalue weighted by Gasteiger charge is 2.28. The van der Waals surface area contributed by atoms with Crippen LogP contribution in [0.5, 0.6) is 0 Å². The fourth-order valence-corrected chi connectivity index (χ4v) is 3.56. The van der Waals surface area contributed by atoms with Crippen molar-refractivity contribution in [1.29, 1.82) is 0 Å². The molecule has 2 amide bonds. The first-order valence-electron chi connectivity index (χ1n) is 9.44. The van der Waals surface area contributed by atoms with E-state index in [0.29, 0.717) is 19.5 Å². The number of benzene rings is 1. The van der Waals surface area contributed by atoms with Gasteiger partial charge in [-0.25, -0.2) is 0 Å². The zero-order valence-electron chi connectivity index (χ0n) is 15.9. The number of hydrogen-bond acceptors (Lipinski definition) is 3. The summed E-state index contributed by atoms with van der Waals surface area (Å²) in [4.78, 5) is 26.7. The largest absolute Gasteiger partial charge is 0.354 e. The third-order valence-corrected chi connectivity index (χ3v) is 4.91. The number of carbonyl (C=O) groups excluding carboxylic acids is 2. The molecule has 2 aromatic rings. The summed E-state index contributed by atoms with van der Waals surface area (Å²) in [5.74, 6) is 0.0670. The van der Waals surface area contributed by atoms with Crippen LogP contribution in [0.2, 0.25) is 0 Å². The van der Waals surface area contributed by atoms with Crippen LogP contribution < -0.4 is 5.32 Å². The molecule has 1 fully saturated rings. The molecule has 0 bridgehead atoms. The highest BCUT2D eigenvalue weighted by Crippen LogP contribution is 2.19. The van der Waals surface area contributed by atoms with Crippen LogP contribution in [0.4, 0.5) is 0 Å². The number of amides is 2. The van der Waals surface area contributed by atoms with Crippen molar-refractivity contribution in [1.82, 2.24) is 20.0 Å². The minimum absolute atomic E-state index is 0.0611. The number of carbonyl (C=O) groups is 2. The lowest BCUT2D eigenvalue weighted by Gasteiger charge is -2.32. The summed E-state index contributed by atoms with van der Waals surface area (Å²) < 4.78 is 1.89. The van der Waals surface area contributed by atoms with Gasteiger partial charge in [-0.15, -0.1) is 0 Å². The molecule has 0 radical (unpaired) electrons. The number of likely N-dealkylation sites (tertiary alicyclic amines) is 1. The molecule has 0 aliphatic carbocycles. The Morgan fingerprint density at radius 3 is 2.92 bits per heavy atom. The Kier molecular flexibility index (Phi) is 5.59. The first kappa shape index (κ1) is 18.4. The van der Waals surface area contributed by atoms with E-state index in [1.54, 1.807) is 0 Å². The van der Waals surface area contributed by atoms with Crippen molar-refractivity contribution in [2.45, 2.75) is 52.6 Å². The SMILES string of the molecule is Cc1ccc2c(cnn2CCC(=O)N2CCC[C@H](C(=O)NC(C)C)C2)c1. The molecule has 6 nitrogen and oxygen atoms in total. The number of aromatic nitrogens is 2. The third-order valence-electron chi connectivity index (χ3n) is 4.91. The zero-order valence-corrected chi connectivity index (χ0v) is 15.9. The molecule has 0 spiro atoms. The number of rotatable bonds is 5. The van der Waals surface area contributed by atoms with Crippen LogP contribution in [0, 0.1) is 12.8 Å². The van der Waals surface area contributed by atoms with Gasteiger partial charge < -0.3 is 10.2 Å². The van der Waals surface area contributed by atoms with Crippen LogP contribution in [0.15, 0.2) is 24.4 Å². The summed E-state index contributed by atoms with van der Waals surface area (Å²) in [7, 11) is 0. The molecule has 26 heavy (non-hydrogen) atoms. The van der Waals surface area contributed by atoms with Gasteiger partial charge in [0.1, 0.15) is 0 Å². The molecule has 0 unspecified atom stereocenters. The number of piperidine rings is 1. The zero-order chi connectivity index (χ0) is 18.7. The lowest BCUT2D eigenvalue weighted by atomic mass is 9.96. The van der Waals surface area contributed by atoms with Crippen LogP contribution in [-0.2, 0) is 16.1 Å². The van der Waals surface area contributed by atoms with E-state index in [4.69, 9.17) is 0 Å². The maximum atomic E-state index is 12.6. The van der Waals surface area contributed by atoms with Gasteiger partial charge in [-0.1, -0.05) is 11.6 Å². The Hall–Kier alpha value is -2.37. The Labute approximate surface area is 154 Å². The van der Waals surface area contributed by atoms with E-state index in [-0.39, 0.29) is 23.8 Å². The molecule has 1 aromatic carbocycles. The molecule has 1 aromatic heterocycles. The van der Waals surface area contributed by atoms with E-state index in [2.05, 4.69) is 35.5 Å². The standard InChI is InChI=1S/C20H28N4O2/c1-14(2)22-20(26)16-5-4-9-23(13-16)19(25)8-10-24-18-7-6-15(3)11-17(18)12-21-24/h6-7,11-12,14,16H,4-5,8-10,13H2,1-3H3,(H,22,26)/t16-/m0/s1. The lowest BCUT2D eigenvalue weighted by molar-refractivity contribution is -0.136. The smallest absolute Gasteiger partial charge is 0.225 e. The topological polar surface area (TPSA) is 67.2 Å². The van der Waals surface area contributed by atoms with Gasteiger partial charge >= 0.3 is 0 Å². The van der Waals surface area contributed by atoms with E-state index >= 15 is 0 Å². The molecule has 1 saturated heterocycles. The van der Waals surface area contributed by atoms with E-state index in [0.717, 1.165) is 30.3 Å². The number of nitrogens with zero attached hydrogens (tertiary/aromatic N) is 3. The summed E-state index contributed by atoms with van der Waals surface area (Å²) in [6.07, 6.45) is 3.99. The van der Waals surface area contributed by atoms with Crippen molar-refractivity contribution in [3.63, 3.8) is 0 Å². The predicted molar refractivity (Wildman–Crippen MR) is 102 cm³/mol. The lowest BCUT2D eigenvalue weighted by Crippen LogP contribution is -2.46. The number of nitrogens with one attached hydrogen (secondary N) is 1. The maximum absolute atomic E-state index is 12.6. The number of aryl methyl sites for hydroxylation is 2. The second-order valence-corrected chi connectivity index (χ2v) is 7.52. The monoisotopic (exact) mass is 356 g/mol. The quantitative estimate of drug-likeness (QED) is 0.895. The Bertz CT molecular complexity index is 796. The van der Waals surface area contributed by atoms with Crippen LogP contribution in [0.25, 0.3) is 10.9 Å². The van der Waals surface area contributed by atoms with Crippen LogP contribution >= 0.6 is 0 Å². The minimum atomic E-state index is -0.0939. The Morgan fingerprint density at radius 2 is 2.15 bits per heavy atom. The molecule has 1 aliphatic heterocycles. The predicted octanol–water partition coefficient (Wildman–Crippen LogP) is 2.50. The van der Waals surface area contributed by atoms with Crippen molar-refractivity contribution in [2.75, 3.05) is 13.1 Å². The van der Waals surface area contributed by atoms with Gasteiger partial charge in [0.2, 0.25) is 11.8 Å². The maximum Gasteiger partial charge on any atom is 0.225 e. The molecular formula is C20H28N4O2. The Morgan fingerprint density at radius 1 is 1.35 bits per heavy atom.